The highest BCUT2D eigenvalue weighted by molar-refractivity contribution is 5.72. The SMILES string of the molecule is Cc1c(-c2ccc(C#N)cc2)c(C)n(Cc2ccc(C(C)CO)nc2)c1C. The summed E-state index contributed by atoms with van der Waals surface area (Å²) >= 11 is 0. The Labute approximate surface area is 160 Å². The van der Waals surface area contributed by atoms with Crippen molar-refractivity contribution < 1.29 is 5.11 Å². The molecule has 138 valence electrons. The summed E-state index contributed by atoms with van der Waals surface area (Å²) in [6.45, 7) is 9.27. The topological polar surface area (TPSA) is 61.8 Å². The standard InChI is InChI=1S/C23H25N3O/c1-15(14-27)22-10-7-20(12-25-22)13-26-17(3)16(2)23(18(26)4)21-8-5-19(11-24)6-9-21/h5-10,12,15,27H,13-14H2,1-4H3. The molecule has 1 N–H and O–H groups in total. The highest BCUT2D eigenvalue weighted by Gasteiger charge is 2.16. The lowest BCUT2D eigenvalue weighted by molar-refractivity contribution is 0.271. The molecule has 0 aliphatic rings. The number of aliphatic hydroxyl groups is 1. The van der Waals surface area contributed by atoms with Crippen molar-refractivity contribution in [1.82, 2.24) is 9.55 Å². The van der Waals surface area contributed by atoms with Gasteiger partial charge in [-0.1, -0.05) is 25.1 Å². The third-order valence-corrected chi connectivity index (χ3v) is 5.36. The Morgan fingerprint density at radius 2 is 1.78 bits per heavy atom. The van der Waals surface area contributed by atoms with Gasteiger partial charge in [0.15, 0.2) is 0 Å². The van der Waals surface area contributed by atoms with Crippen LogP contribution in [0.5, 0.6) is 0 Å². The smallest absolute Gasteiger partial charge is 0.0991 e. The van der Waals surface area contributed by atoms with Crippen LogP contribution >= 0.6 is 0 Å². The molecule has 3 aromatic rings. The van der Waals surface area contributed by atoms with Gasteiger partial charge in [-0.25, -0.2) is 0 Å². The molecule has 0 saturated heterocycles. The van der Waals surface area contributed by atoms with Crippen molar-refractivity contribution in [1.29, 1.82) is 5.26 Å². The van der Waals surface area contributed by atoms with E-state index in [4.69, 9.17) is 5.26 Å². The maximum atomic E-state index is 9.28. The summed E-state index contributed by atoms with van der Waals surface area (Å²) in [5.74, 6) is 0.0549. The van der Waals surface area contributed by atoms with Gasteiger partial charge in [0.05, 0.1) is 18.2 Å². The number of benzene rings is 1. The first kappa shape index (κ1) is 18.9. The lowest BCUT2D eigenvalue weighted by Crippen LogP contribution is -2.06. The van der Waals surface area contributed by atoms with Crippen LogP contribution in [0.15, 0.2) is 42.6 Å². The zero-order valence-corrected chi connectivity index (χ0v) is 16.3. The molecular formula is C23H25N3O. The van der Waals surface area contributed by atoms with Gasteiger partial charge in [-0.3, -0.25) is 4.98 Å². The van der Waals surface area contributed by atoms with Gasteiger partial charge in [-0.15, -0.1) is 0 Å². The molecule has 0 spiro atoms. The van der Waals surface area contributed by atoms with Gasteiger partial charge in [0.1, 0.15) is 0 Å². The minimum absolute atomic E-state index is 0.0549. The van der Waals surface area contributed by atoms with Crippen molar-refractivity contribution in [2.24, 2.45) is 0 Å². The van der Waals surface area contributed by atoms with Crippen LogP contribution in [0.2, 0.25) is 0 Å². The van der Waals surface area contributed by atoms with Gasteiger partial charge >= 0.3 is 0 Å². The lowest BCUT2D eigenvalue weighted by atomic mass is 10.0. The first-order valence-corrected chi connectivity index (χ1v) is 9.18. The van der Waals surface area contributed by atoms with E-state index in [-0.39, 0.29) is 12.5 Å². The summed E-state index contributed by atoms with van der Waals surface area (Å²) in [5, 5.41) is 18.3. The van der Waals surface area contributed by atoms with Crippen molar-refractivity contribution in [3.63, 3.8) is 0 Å². The molecule has 2 heterocycles. The number of hydrogen-bond acceptors (Lipinski definition) is 3. The van der Waals surface area contributed by atoms with Gasteiger partial charge in [0.2, 0.25) is 0 Å². The molecule has 0 aliphatic carbocycles. The molecule has 0 radical (unpaired) electrons. The van der Waals surface area contributed by atoms with E-state index in [1.807, 2.05) is 43.5 Å². The van der Waals surface area contributed by atoms with Crippen LogP contribution < -0.4 is 0 Å². The molecular weight excluding hydrogens is 334 g/mol. The molecule has 1 aromatic carbocycles. The lowest BCUT2D eigenvalue weighted by Gasteiger charge is -2.12. The van der Waals surface area contributed by atoms with Crippen LogP contribution in [-0.2, 0) is 6.54 Å². The van der Waals surface area contributed by atoms with Crippen molar-refractivity contribution in [2.75, 3.05) is 6.61 Å². The Balaban J connectivity index is 1.94. The third-order valence-electron chi connectivity index (χ3n) is 5.36. The van der Waals surface area contributed by atoms with E-state index in [0.717, 1.165) is 23.4 Å². The Morgan fingerprint density at radius 1 is 1.07 bits per heavy atom. The molecule has 0 fully saturated rings. The fourth-order valence-corrected chi connectivity index (χ4v) is 3.51. The van der Waals surface area contributed by atoms with Gasteiger partial charge < -0.3 is 9.67 Å². The summed E-state index contributed by atoms with van der Waals surface area (Å²) in [7, 11) is 0. The maximum absolute atomic E-state index is 9.28. The average molecular weight is 359 g/mol. The van der Waals surface area contributed by atoms with E-state index in [0.29, 0.717) is 5.56 Å². The van der Waals surface area contributed by atoms with Crippen LogP contribution in [0.3, 0.4) is 0 Å². The third kappa shape index (κ3) is 3.65. The number of aromatic nitrogens is 2. The second kappa shape index (κ2) is 7.77. The molecule has 4 heteroatoms. The van der Waals surface area contributed by atoms with Crippen molar-refractivity contribution in [3.05, 3.63) is 76.4 Å². The average Bonchev–Trinajstić information content (AvgIpc) is 2.91. The second-order valence-corrected chi connectivity index (χ2v) is 7.12. The number of nitrogens with zero attached hydrogens (tertiary/aromatic N) is 3. The highest BCUT2D eigenvalue weighted by Crippen LogP contribution is 2.32. The number of rotatable bonds is 5. The molecule has 0 amide bonds. The highest BCUT2D eigenvalue weighted by atomic mass is 16.3. The quantitative estimate of drug-likeness (QED) is 0.730. The number of aliphatic hydroxyl groups excluding tert-OH is 1. The van der Waals surface area contributed by atoms with Gasteiger partial charge in [-0.05, 0) is 55.7 Å². The van der Waals surface area contributed by atoms with Crippen LogP contribution in [-0.4, -0.2) is 21.3 Å². The van der Waals surface area contributed by atoms with E-state index in [2.05, 4.69) is 42.5 Å². The zero-order chi connectivity index (χ0) is 19.6. The first-order valence-electron chi connectivity index (χ1n) is 9.18. The van der Waals surface area contributed by atoms with Crippen LogP contribution in [0.1, 0.15) is 46.6 Å². The fraction of sp³-hybridized carbons (Fsp3) is 0.304. The van der Waals surface area contributed by atoms with Gasteiger partial charge in [0, 0.05) is 41.3 Å². The Hall–Kier alpha value is -2.90. The fourth-order valence-electron chi connectivity index (χ4n) is 3.51. The molecule has 0 bridgehead atoms. The summed E-state index contributed by atoms with van der Waals surface area (Å²) in [5.41, 5.74) is 8.80. The molecule has 2 aromatic heterocycles. The predicted octanol–water partition coefficient (Wildman–Crippen LogP) is 4.49. The summed E-state index contributed by atoms with van der Waals surface area (Å²) in [4.78, 5) is 4.51. The maximum Gasteiger partial charge on any atom is 0.0991 e. The van der Waals surface area contributed by atoms with E-state index in [1.54, 1.807) is 0 Å². The van der Waals surface area contributed by atoms with E-state index < -0.39 is 0 Å². The van der Waals surface area contributed by atoms with Gasteiger partial charge in [-0.2, -0.15) is 5.26 Å². The summed E-state index contributed by atoms with van der Waals surface area (Å²) in [6.07, 6.45) is 1.90. The molecule has 4 nitrogen and oxygen atoms in total. The molecule has 1 unspecified atom stereocenters. The first-order chi connectivity index (χ1) is 13.0. The van der Waals surface area contributed by atoms with E-state index >= 15 is 0 Å². The molecule has 0 saturated carbocycles. The minimum Gasteiger partial charge on any atom is -0.396 e. The summed E-state index contributed by atoms with van der Waals surface area (Å²) < 4.78 is 2.31. The second-order valence-electron chi connectivity index (χ2n) is 7.12. The number of hydrogen-bond donors (Lipinski definition) is 1. The van der Waals surface area contributed by atoms with Crippen LogP contribution in [0.25, 0.3) is 11.1 Å². The van der Waals surface area contributed by atoms with Crippen LogP contribution in [0, 0.1) is 32.1 Å². The predicted molar refractivity (Wildman–Crippen MR) is 108 cm³/mol. The Bertz CT molecular complexity index is 976. The largest absolute Gasteiger partial charge is 0.396 e. The minimum atomic E-state index is 0.0549. The normalized spacial score (nSPS) is 12.0. The molecule has 27 heavy (non-hydrogen) atoms. The molecule has 0 aliphatic heterocycles. The van der Waals surface area contributed by atoms with Crippen molar-refractivity contribution in [2.45, 2.75) is 40.2 Å². The van der Waals surface area contributed by atoms with Crippen LogP contribution in [0.4, 0.5) is 0 Å². The van der Waals surface area contributed by atoms with E-state index in [1.165, 1.54) is 22.5 Å². The molecule has 1 atom stereocenters. The molecule has 3 rings (SSSR count). The monoisotopic (exact) mass is 359 g/mol. The number of nitriles is 1. The van der Waals surface area contributed by atoms with Gasteiger partial charge in [0.25, 0.3) is 0 Å². The van der Waals surface area contributed by atoms with Crippen molar-refractivity contribution >= 4 is 0 Å². The van der Waals surface area contributed by atoms with E-state index in [9.17, 15) is 5.11 Å². The Kier molecular flexibility index (Phi) is 5.43. The van der Waals surface area contributed by atoms with Crippen molar-refractivity contribution in [3.8, 4) is 17.2 Å². The Morgan fingerprint density at radius 3 is 2.33 bits per heavy atom. The zero-order valence-electron chi connectivity index (χ0n) is 16.3. The number of pyridine rings is 1. The summed E-state index contributed by atoms with van der Waals surface area (Å²) in [6, 6.07) is 14.0.